The maximum atomic E-state index is 9.35. The van der Waals surface area contributed by atoms with Crippen LogP contribution in [-0.2, 0) is 0 Å². The van der Waals surface area contributed by atoms with Crippen molar-refractivity contribution in [3.8, 4) is 0 Å². The fourth-order valence-corrected chi connectivity index (χ4v) is 2.92. The molecule has 1 aromatic rings. The molecule has 0 saturated heterocycles. The minimum Gasteiger partial charge on any atom is -0.396 e. The van der Waals surface area contributed by atoms with Gasteiger partial charge in [-0.2, -0.15) is 0 Å². The van der Waals surface area contributed by atoms with Gasteiger partial charge in [-0.1, -0.05) is 37.6 Å². The van der Waals surface area contributed by atoms with Crippen LogP contribution in [0.4, 0.5) is 0 Å². The second-order valence-electron chi connectivity index (χ2n) is 5.38. The van der Waals surface area contributed by atoms with Crippen LogP contribution < -0.4 is 0 Å². The van der Waals surface area contributed by atoms with E-state index in [2.05, 4.69) is 39.0 Å². The van der Waals surface area contributed by atoms with Gasteiger partial charge in [0, 0.05) is 6.61 Å². The van der Waals surface area contributed by atoms with E-state index in [1.165, 1.54) is 29.5 Å². The molecule has 16 heavy (non-hydrogen) atoms. The van der Waals surface area contributed by atoms with Crippen LogP contribution in [0.3, 0.4) is 0 Å². The molecule has 88 valence electrons. The van der Waals surface area contributed by atoms with Crippen LogP contribution in [0.25, 0.3) is 0 Å². The van der Waals surface area contributed by atoms with Crippen molar-refractivity contribution in [1.29, 1.82) is 0 Å². The lowest BCUT2D eigenvalue weighted by Crippen LogP contribution is -2.20. The maximum absolute atomic E-state index is 9.35. The quantitative estimate of drug-likeness (QED) is 0.804. The average molecular weight is 218 g/mol. The van der Waals surface area contributed by atoms with Gasteiger partial charge >= 0.3 is 0 Å². The van der Waals surface area contributed by atoms with Gasteiger partial charge in [0.1, 0.15) is 0 Å². The minimum absolute atomic E-state index is 0.298. The van der Waals surface area contributed by atoms with Gasteiger partial charge in [-0.25, -0.2) is 0 Å². The summed E-state index contributed by atoms with van der Waals surface area (Å²) in [4.78, 5) is 0. The summed E-state index contributed by atoms with van der Waals surface area (Å²) >= 11 is 0. The fourth-order valence-electron chi connectivity index (χ4n) is 2.92. The van der Waals surface area contributed by atoms with Crippen LogP contribution in [0.15, 0.2) is 18.2 Å². The zero-order valence-electron chi connectivity index (χ0n) is 10.5. The van der Waals surface area contributed by atoms with Crippen molar-refractivity contribution >= 4 is 0 Å². The molecular weight excluding hydrogens is 196 g/mol. The van der Waals surface area contributed by atoms with E-state index >= 15 is 0 Å². The summed E-state index contributed by atoms with van der Waals surface area (Å²) in [6, 6.07) is 6.81. The average Bonchev–Trinajstić information content (AvgIpc) is 2.28. The van der Waals surface area contributed by atoms with Gasteiger partial charge < -0.3 is 5.11 Å². The first kappa shape index (κ1) is 11.7. The Bertz CT molecular complexity index is 370. The molecule has 0 heterocycles. The van der Waals surface area contributed by atoms with Gasteiger partial charge in [-0.3, -0.25) is 0 Å². The number of aliphatic hydroxyl groups is 1. The Morgan fingerprint density at radius 1 is 1.31 bits per heavy atom. The molecular formula is C15H22O. The Hall–Kier alpha value is -0.820. The highest BCUT2D eigenvalue weighted by Crippen LogP contribution is 2.42. The van der Waals surface area contributed by atoms with Gasteiger partial charge in [0.2, 0.25) is 0 Å². The molecule has 0 aliphatic heterocycles. The van der Waals surface area contributed by atoms with Crippen LogP contribution in [-0.4, -0.2) is 11.7 Å². The molecule has 0 bridgehead atoms. The van der Waals surface area contributed by atoms with Crippen molar-refractivity contribution in [2.24, 2.45) is 5.92 Å². The van der Waals surface area contributed by atoms with Gasteiger partial charge in [0.05, 0.1) is 0 Å². The zero-order chi connectivity index (χ0) is 11.7. The standard InChI is InChI=1S/C15H22O/c1-10-4-6-13-11(2)5-7-14(12(3)9-16)15(13)8-10/h4,6,8,11-12,14,16H,5,7,9H2,1-3H3/t11-,12+,14+/m1/s1. The van der Waals surface area contributed by atoms with E-state index in [9.17, 15) is 5.11 Å². The molecule has 2 rings (SSSR count). The predicted octanol–water partition coefficient (Wildman–Crippen LogP) is 3.60. The monoisotopic (exact) mass is 218 g/mol. The summed E-state index contributed by atoms with van der Waals surface area (Å²) in [6.07, 6.45) is 2.48. The van der Waals surface area contributed by atoms with Crippen LogP contribution in [0.2, 0.25) is 0 Å². The Balaban J connectivity index is 2.41. The van der Waals surface area contributed by atoms with E-state index in [0.717, 1.165) is 0 Å². The SMILES string of the molecule is Cc1ccc2c(c1)[C@H]([C@@H](C)CO)CC[C@H]2C. The topological polar surface area (TPSA) is 20.2 Å². The first-order valence-corrected chi connectivity index (χ1v) is 6.34. The molecule has 1 aromatic carbocycles. The third-order valence-electron chi connectivity index (χ3n) is 4.06. The molecule has 3 atom stereocenters. The van der Waals surface area contributed by atoms with E-state index in [1.54, 1.807) is 0 Å². The van der Waals surface area contributed by atoms with Gasteiger partial charge in [0.15, 0.2) is 0 Å². The van der Waals surface area contributed by atoms with E-state index < -0.39 is 0 Å². The van der Waals surface area contributed by atoms with Crippen molar-refractivity contribution in [2.45, 2.75) is 45.4 Å². The largest absolute Gasteiger partial charge is 0.396 e. The highest BCUT2D eigenvalue weighted by atomic mass is 16.3. The lowest BCUT2D eigenvalue weighted by Gasteiger charge is -2.33. The number of aliphatic hydroxyl groups excluding tert-OH is 1. The number of aryl methyl sites for hydroxylation is 1. The van der Waals surface area contributed by atoms with Gasteiger partial charge in [0.25, 0.3) is 0 Å². The molecule has 0 spiro atoms. The third kappa shape index (κ3) is 2.01. The first-order chi connectivity index (χ1) is 7.63. The fraction of sp³-hybridized carbons (Fsp3) is 0.600. The van der Waals surface area contributed by atoms with Gasteiger partial charge in [-0.15, -0.1) is 0 Å². The van der Waals surface area contributed by atoms with Crippen LogP contribution in [0.5, 0.6) is 0 Å². The molecule has 0 radical (unpaired) electrons. The van der Waals surface area contributed by atoms with E-state index in [4.69, 9.17) is 0 Å². The predicted molar refractivity (Wildman–Crippen MR) is 67.8 cm³/mol. The maximum Gasteiger partial charge on any atom is 0.0462 e. The van der Waals surface area contributed by atoms with Gasteiger partial charge in [-0.05, 0) is 48.6 Å². The molecule has 1 aliphatic carbocycles. The first-order valence-electron chi connectivity index (χ1n) is 6.34. The molecule has 1 nitrogen and oxygen atoms in total. The smallest absolute Gasteiger partial charge is 0.0462 e. The van der Waals surface area contributed by atoms with E-state index in [0.29, 0.717) is 24.4 Å². The molecule has 0 aromatic heterocycles. The highest BCUT2D eigenvalue weighted by Gasteiger charge is 2.28. The van der Waals surface area contributed by atoms with Crippen molar-refractivity contribution in [3.63, 3.8) is 0 Å². The molecule has 1 heteroatoms. The summed E-state index contributed by atoms with van der Waals surface area (Å²) in [5.74, 6) is 1.61. The molecule has 0 unspecified atom stereocenters. The molecule has 1 N–H and O–H groups in total. The Morgan fingerprint density at radius 2 is 2.06 bits per heavy atom. The van der Waals surface area contributed by atoms with E-state index in [1.807, 2.05) is 0 Å². The summed E-state index contributed by atoms with van der Waals surface area (Å²) in [5, 5.41) is 9.35. The minimum atomic E-state index is 0.298. The summed E-state index contributed by atoms with van der Waals surface area (Å²) in [6.45, 7) is 6.92. The number of benzene rings is 1. The number of rotatable bonds is 2. The second kappa shape index (κ2) is 4.58. The van der Waals surface area contributed by atoms with Crippen LogP contribution in [0.1, 0.15) is 55.2 Å². The Morgan fingerprint density at radius 3 is 2.75 bits per heavy atom. The number of hydrogen-bond donors (Lipinski definition) is 1. The van der Waals surface area contributed by atoms with Crippen LogP contribution in [0, 0.1) is 12.8 Å². The summed E-state index contributed by atoms with van der Waals surface area (Å²) in [5.41, 5.74) is 4.32. The lowest BCUT2D eigenvalue weighted by atomic mass is 9.72. The summed E-state index contributed by atoms with van der Waals surface area (Å²) in [7, 11) is 0. The highest BCUT2D eigenvalue weighted by molar-refractivity contribution is 5.38. The van der Waals surface area contributed by atoms with Crippen molar-refractivity contribution in [3.05, 3.63) is 34.9 Å². The van der Waals surface area contributed by atoms with Crippen LogP contribution >= 0.6 is 0 Å². The van der Waals surface area contributed by atoms with Crippen molar-refractivity contribution in [1.82, 2.24) is 0 Å². The zero-order valence-corrected chi connectivity index (χ0v) is 10.5. The van der Waals surface area contributed by atoms with Crippen molar-refractivity contribution in [2.75, 3.05) is 6.61 Å². The van der Waals surface area contributed by atoms with E-state index in [-0.39, 0.29) is 0 Å². The molecule has 1 aliphatic rings. The normalized spacial score (nSPS) is 26.2. The Labute approximate surface area is 98.5 Å². The van der Waals surface area contributed by atoms with Crippen molar-refractivity contribution < 1.29 is 5.11 Å². The molecule has 0 amide bonds. The summed E-state index contributed by atoms with van der Waals surface area (Å²) < 4.78 is 0. The molecule has 0 saturated carbocycles. The lowest BCUT2D eigenvalue weighted by molar-refractivity contribution is 0.206. The Kier molecular flexibility index (Phi) is 3.34. The second-order valence-corrected chi connectivity index (χ2v) is 5.38. The third-order valence-corrected chi connectivity index (χ3v) is 4.06. The number of hydrogen-bond acceptors (Lipinski definition) is 1. The molecule has 0 fully saturated rings. The number of fused-ring (bicyclic) bond motifs is 1.